The summed E-state index contributed by atoms with van der Waals surface area (Å²) in [7, 11) is 0. The van der Waals surface area contributed by atoms with E-state index >= 15 is 0 Å². The minimum atomic E-state index is -0.222. The summed E-state index contributed by atoms with van der Waals surface area (Å²) in [5, 5.41) is 7.72. The first kappa shape index (κ1) is 17.4. The fraction of sp³-hybridized carbons (Fsp3) is 0.600. The second kappa shape index (κ2) is 7.04. The summed E-state index contributed by atoms with van der Waals surface area (Å²) in [5.41, 5.74) is 1.66. The fourth-order valence-electron chi connectivity index (χ4n) is 4.83. The van der Waals surface area contributed by atoms with Crippen molar-refractivity contribution in [3.63, 3.8) is 0 Å². The van der Waals surface area contributed by atoms with Crippen LogP contribution in [0.15, 0.2) is 18.2 Å². The molecule has 0 unspecified atom stereocenters. The maximum absolute atomic E-state index is 13.2. The van der Waals surface area contributed by atoms with Crippen LogP contribution in [-0.2, 0) is 9.53 Å². The number of nitrogens with zero attached hydrogens (tertiary/aromatic N) is 2. The Morgan fingerprint density at radius 3 is 3.11 bits per heavy atom. The smallest absolute Gasteiger partial charge is 0.232 e. The van der Waals surface area contributed by atoms with Gasteiger partial charge in [0, 0.05) is 25.3 Å². The van der Waals surface area contributed by atoms with Crippen molar-refractivity contribution in [1.82, 2.24) is 10.3 Å². The number of benzene rings is 1. The first-order chi connectivity index (χ1) is 13.2. The number of nitrogens with one attached hydrogen (secondary N) is 2. The van der Waals surface area contributed by atoms with Gasteiger partial charge in [-0.05, 0) is 43.5 Å². The molecule has 3 aliphatic rings. The molecule has 0 spiro atoms. The molecule has 3 heterocycles. The molecule has 6 nitrogen and oxygen atoms in total. The molecule has 1 amide bonds. The van der Waals surface area contributed by atoms with Gasteiger partial charge in [-0.25, -0.2) is 4.98 Å². The van der Waals surface area contributed by atoms with Crippen LogP contribution in [-0.4, -0.2) is 50.3 Å². The topological polar surface area (TPSA) is 66.5 Å². The van der Waals surface area contributed by atoms with Gasteiger partial charge in [0.2, 0.25) is 5.91 Å². The Balaban J connectivity index is 1.36. The molecule has 1 saturated carbocycles. The molecule has 5 rings (SSSR count). The van der Waals surface area contributed by atoms with E-state index in [4.69, 9.17) is 9.72 Å². The number of morpholine rings is 1. The SMILES string of the molecule is O=C(Nc1ccc2nc(N3CCOCC3)sc2c1)[C@@]12CCCC[C@H]1CNC2. The van der Waals surface area contributed by atoms with Crippen molar-refractivity contribution in [3.05, 3.63) is 18.2 Å². The van der Waals surface area contributed by atoms with E-state index in [1.807, 2.05) is 12.1 Å². The van der Waals surface area contributed by atoms with Crippen LogP contribution in [0.2, 0.25) is 0 Å². The standard InChI is InChI=1S/C20H26N4O2S/c25-18(20-6-2-1-3-14(20)12-21-13-20)22-15-4-5-16-17(11-15)27-19(23-16)24-7-9-26-10-8-24/h4-5,11,14,21H,1-3,6-10,12-13H2,(H,22,25)/t14-,20+/m0/s1. The third-order valence-corrected chi connectivity index (χ3v) is 7.49. The van der Waals surface area contributed by atoms with E-state index in [1.165, 1.54) is 6.42 Å². The molecule has 3 fully saturated rings. The summed E-state index contributed by atoms with van der Waals surface area (Å²) in [6.45, 7) is 5.08. The molecule has 2 saturated heterocycles. The van der Waals surface area contributed by atoms with Crippen LogP contribution >= 0.6 is 11.3 Å². The largest absolute Gasteiger partial charge is 0.378 e. The first-order valence-electron chi connectivity index (χ1n) is 10.0. The van der Waals surface area contributed by atoms with Crippen molar-refractivity contribution in [2.75, 3.05) is 49.6 Å². The van der Waals surface area contributed by atoms with Crippen LogP contribution in [0, 0.1) is 11.3 Å². The lowest BCUT2D eigenvalue weighted by atomic mass is 9.67. The predicted octanol–water partition coefficient (Wildman–Crippen LogP) is 2.85. The molecule has 2 atom stereocenters. The van der Waals surface area contributed by atoms with E-state index in [9.17, 15) is 4.79 Å². The molecule has 0 bridgehead atoms. The van der Waals surface area contributed by atoms with Gasteiger partial charge >= 0.3 is 0 Å². The quantitative estimate of drug-likeness (QED) is 0.849. The second-order valence-corrected chi connectivity index (χ2v) is 8.97. The lowest BCUT2D eigenvalue weighted by Gasteiger charge is -2.37. The fourth-order valence-corrected chi connectivity index (χ4v) is 5.88. The zero-order valence-electron chi connectivity index (χ0n) is 15.5. The molecule has 27 heavy (non-hydrogen) atoms. The van der Waals surface area contributed by atoms with Crippen molar-refractivity contribution >= 4 is 38.3 Å². The van der Waals surface area contributed by atoms with Crippen molar-refractivity contribution in [1.29, 1.82) is 0 Å². The van der Waals surface area contributed by atoms with Crippen LogP contribution < -0.4 is 15.5 Å². The zero-order chi connectivity index (χ0) is 18.3. The Bertz CT molecular complexity index is 848. The summed E-state index contributed by atoms with van der Waals surface area (Å²) < 4.78 is 6.55. The van der Waals surface area contributed by atoms with Crippen LogP contribution in [0.3, 0.4) is 0 Å². The van der Waals surface area contributed by atoms with Gasteiger partial charge in [-0.15, -0.1) is 0 Å². The lowest BCUT2D eigenvalue weighted by Crippen LogP contribution is -2.44. The highest BCUT2D eigenvalue weighted by Crippen LogP contribution is 2.44. The molecular formula is C20H26N4O2S. The lowest BCUT2D eigenvalue weighted by molar-refractivity contribution is -0.128. The minimum absolute atomic E-state index is 0.189. The Morgan fingerprint density at radius 2 is 2.22 bits per heavy atom. The first-order valence-corrected chi connectivity index (χ1v) is 10.8. The number of amides is 1. The predicted molar refractivity (Wildman–Crippen MR) is 109 cm³/mol. The Labute approximate surface area is 163 Å². The Morgan fingerprint density at radius 1 is 1.33 bits per heavy atom. The normalized spacial score (nSPS) is 28.3. The van der Waals surface area contributed by atoms with Crippen molar-refractivity contribution in [2.24, 2.45) is 11.3 Å². The van der Waals surface area contributed by atoms with Gasteiger partial charge in [0.25, 0.3) is 0 Å². The summed E-state index contributed by atoms with van der Waals surface area (Å²) in [6, 6.07) is 6.08. The van der Waals surface area contributed by atoms with E-state index in [0.29, 0.717) is 5.92 Å². The summed E-state index contributed by atoms with van der Waals surface area (Å²) in [4.78, 5) is 20.2. The summed E-state index contributed by atoms with van der Waals surface area (Å²) in [5.74, 6) is 0.667. The maximum Gasteiger partial charge on any atom is 0.232 e. The van der Waals surface area contributed by atoms with Gasteiger partial charge in [0.05, 0.1) is 28.8 Å². The minimum Gasteiger partial charge on any atom is -0.378 e. The average molecular weight is 387 g/mol. The molecule has 2 aliphatic heterocycles. The number of rotatable bonds is 3. The molecule has 1 aromatic heterocycles. The van der Waals surface area contributed by atoms with Crippen LogP contribution in [0.25, 0.3) is 10.2 Å². The Kier molecular flexibility index (Phi) is 4.53. The van der Waals surface area contributed by atoms with Gasteiger partial charge in [-0.3, -0.25) is 4.79 Å². The summed E-state index contributed by atoms with van der Waals surface area (Å²) in [6.07, 6.45) is 4.57. The number of ether oxygens (including phenoxy) is 1. The Hall–Kier alpha value is -1.70. The van der Waals surface area contributed by atoms with E-state index in [0.717, 1.165) is 79.7 Å². The van der Waals surface area contributed by atoms with E-state index in [-0.39, 0.29) is 11.3 Å². The number of hydrogen-bond donors (Lipinski definition) is 2. The van der Waals surface area contributed by atoms with E-state index < -0.39 is 0 Å². The molecular weight excluding hydrogens is 360 g/mol. The second-order valence-electron chi connectivity index (χ2n) is 7.96. The zero-order valence-corrected chi connectivity index (χ0v) is 16.3. The molecule has 144 valence electrons. The molecule has 1 aliphatic carbocycles. The third kappa shape index (κ3) is 3.11. The van der Waals surface area contributed by atoms with Crippen molar-refractivity contribution in [3.8, 4) is 0 Å². The van der Waals surface area contributed by atoms with Crippen LogP contribution in [0.4, 0.5) is 10.8 Å². The highest BCUT2D eigenvalue weighted by Gasteiger charge is 2.49. The van der Waals surface area contributed by atoms with Crippen LogP contribution in [0.5, 0.6) is 0 Å². The number of fused-ring (bicyclic) bond motifs is 2. The monoisotopic (exact) mass is 386 g/mol. The number of thiazole rings is 1. The molecule has 2 aromatic rings. The molecule has 1 aromatic carbocycles. The van der Waals surface area contributed by atoms with Gasteiger partial charge in [-0.1, -0.05) is 24.2 Å². The van der Waals surface area contributed by atoms with Gasteiger partial charge in [0.15, 0.2) is 5.13 Å². The highest BCUT2D eigenvalue weighted by atomic mass is 32.1. The molecule has 2 N–H and O–H groups in total. The average Bonchev–Trinajstić information content (AvgIpc) is 3.33. The van der Waals surface area contributed by atoms with Crippen molar-refractivity contribution < 1.29 is 9.53 Å². The van der Waals surface area contributed by atoms with Crippen LogP contribution in [0.1, 0.15) is 25.7 Å². The van der Waals surface area contributed by atoms with E-state index in [2.05, 4.69) is 21.6 Å². The maximum atomic E-state index is 13.2. The summed E-state index contributed by atoms with van der Waals surface area (Å²) >= 11 is 1.69. The third-order valence-electron chi connectivity index (χ3n) is 6.41. The van der Waals surface area contributed by atoms with Crippen molar-refractivity contribution in [2.45, 2.75) is 25.7 Å². The highest BCUT2D eigenvalue weighted by molar-refractivity contribution is 7.22. The molecule has 0 radical (unpaired) electrons. The van der Waals surface area contributed by atoms with Gasteiger partial charge in [-0.2, -0.15) is 0 Å². The number of hydrogen-bond acceptors (Lipinski definition) is 6. The molecule has 7 heteroatoms. The number of aromatic nitrogens is 1. The van der Waals surface area contributed by atoms with Gasteiger partial charge in [0.1, 0.15) is 0 Å². The van der Waals surface area contributed by atoms with E-state index in [1.54, 1.807) is 11.3 Å². The number of anilines is 2. The number of carbonyl (C=O) groups excluding carboxylic acids is 1. The van der Waals surface area contributed by atoms with Gasteiger partial charge < -0.3 is 20.3 Å². The number of carbonyl (C=O) groups is 1.